The van der Waals surface area contributed by atoms with Crippen molar-refractivity contribution in [3.63, 3.8) is 0 Å². The minimum atomic E-state index is -0.402. The van der Waals surface area contributed by atoms with Crippen LogP contribution in [0.3, 0.4) is 0 Å². The molecule has 0 bridgehead atoms. The van der Waals surface area contributed by atoms with E-state index in [4.69, 9.17) is 11.6 Å². The van der Waals surface area contributed by atoms with Gasteiger partial charge in [-0.1, -0.05) is 35.9 Å². The number of carbonyl (C=O) groups is 3. The van der Waals surface area contributed by atoms with Crippen molar-refractivity contribution in [2.24, 2.45) is 0 Å². The Morgan fingerprint density at radius 3 is 2.28 bits per heavy atom. The van der Waals surface area contributed by atoms with Crippen LogP contribution in [-0.2, 0) is 16.1 Å². The predicted octanol–water partition coefficient (Wildman–Crippen LogP) is 2.34. The Balaban J connectivity index is 1.78. The second-order valence-corrected chi connectivity index (χ2v) is 5.72. The standard InChI is InChI=1S/C18H18ClN3O3/c1-12(23)22-14-8-6-13(7-9-14)10-20-17(24)11-21-18(25)15-4-2-3-5-16(15)19/h2-9H,10-11H2,1H3,(H,20,24)(H,21,25)(H,22,23). The van der Waals surface area contributed by atoms with Crippen molar-refractivity contribution in [2.75, 3.05) is 11.9 Å². The first-order chi connectivity index (χ1) is 12.0. The third-order valence-corrected chi connectivity index (χ3v) is 3.62. The Bertz CT molecular complexity index is 775. The number of halogens is 1. The SMILES string of the molecule is CC(=O)Nc1ccc(CNC(=O)CNC(=O)c2ccccc2Cl)cc1. The number of amides is 3. The molecular weight excluding hydrogens is 342 g/mol. The van der Waals surface area contributed by atoms with E-state index in [-0.39, 0.29) is 18.4 Å². The molecule has 0 radical (unpaired) electrons. The van der Waals surface area contributed by atoms with Gasteiger partial charge in [0.05, 0.1) is 17.1 Å². The summed E-state index contributed by atoms with van der Waals surface area (Å²) in [5.41, 5.74) is 1.89. The highest BCUT2D eigenvalue weighted by atomic mass is 35.5. The van der Waals surface area contributed by atoms with Crippen molar-refractivity contribution in [3.05, 3.63) is 64.7 Å². The van der Waals surface area contributed by atoms with Crippen LogP contribution in [0.1, 0.15) is 22.8 Å². The average molecular weight is 360 g/mol. The molecule has 130 valence electrons. The number of hydrogen-bond donors (Lipinski definition) is 3. The lowest BCUT2D eigenvalue weighted by atomic mass is 10.2. The van der Waals surface area contributed by atoms with E-state index in [0.717, 1.165) is 5.56 Å². The van der Waals surface area contributed by atoms with E-state index in [2.05, 4.69) is 16.0 Å². The molecule has 3 amide bonds. The molecule has 0 aromatic heterocycles. The van der Waals surface area contributed by atoms with E-state index in [1.807, 2.05) is 0 Å². The second-order valence-electron chi connectivity index (χ2n) is 5.32. The molecule has 2 rings (SSSR count). The van der Waals surface area contributed by atoms with Gasteiger partial charge in [0, 0.05) is 19.2 Å². The van der Waals surface area contributed by atoms with Crippen LogP contribution in [0.15, 0.2) is 48.5 Å². The molecule has 3 N–H and O–H groups in total. The maximum atomic E-state index is 12.0. The highest BCUT2D eigenvalue weighted by Gasteiger charge is 2.10. The van der Waals surface area contributed by atoms with Crippen LogP contribution < -0.4 is 16.0 Å². The summed E-state index contributed by atoms with van der Waals surface area (Å²) in [6.45, 7) is 1.61. The highest BCUT2D eigenvalue weighted by molar-refractivity contribution is 6.33. The predicted molar refractivity (Wildman–Crippen MR) is 96.4 cm³/mol. The van der Waals surface area contributed by atoms with Gasteiger partial charge in [0.2, 0.25) is 11.8 Å². The fourth-order valence-electron chi connectivity index (χ4n) is 2.07. The molecule has 7 heteroatoms. The molecule has 0 aliphatic rings. The zero-order chi connectivity index (χ0) is 18.2. The summed E-state index contributed by atoms with van der Waals surface area (Å²) >= 11 is 5.93. The van der Waals surface area contributed by atoms with E-state index in [0.29, 0.717) is 22.8 Å². The summed E-state index contributed by atoms with van der Waals surface area (Å²) < 4.78 is 0. The van der Waals surface area contributed by atoms with Gasteiger partial charge in [-0.3, -0.25) is 14.4 Å². The van der Waals surface area contributed by atoms with Crippen LogP contribution in [0.25, 0.3) is 0 Å². The van der Waals surface area contributed by atoms with Gasteiger partial charge in [0.25, 0.3) is 5.91 Å². The molecule has 0 atom stereocenters. The van der Waals surface area contributed by atoms with E-state index in [1.54, 1.807) is 48.5 Å². The topological polar surface area (TPSA) is 87.3 Å². The third-order valence-electron chi connectivity index (χ3n) is 3.29. The van der Waals surface area contributed by atoms with Gasteiger partial charge in [0.1, 0.15) is 0 Å². The number of rotatable bonds is 6. The monoisotopic (exact) mass is 359 g/mol. The molecule has 0 aliphatic carbocycles. The van der Waals surface area contributed by atoms with Crippen molar-refractivity contribution >= 4 is 35.0 Å². The molecule has 0 fully saturated rings. The molecule has 0 heterocycles. The Morgan fingerprint density at radius 2 is 1.64 bits per heavy atom. The lowest BCUT2D eigenvalue weighted by molar-refractivity contribution is -0.120. The Kier molecular flexibility index (Phi) is 6.54. The number of anilines is 1. The van der Waals surface area contributed by atoms with Gasteiger partial charge in [-0.05, 0) is 29.8 Å². The minimum Gasteiger partial charge on any atom is -0.350 e. The van der Waals surface area contributed by atoms with Crippen molar-refractivity contribution in [2.45, 2.75) is 13.5 Å². The third kappa shape index (κ3) is 5.93. The summed E-state index contributed by atoms with van der Waals surface area (Å²) in [7, 11) is 0. The van der Waals surface area contributed by atoms with Gasteiger partial charge in [-0.2, -0.15) is 0 Å². The zero-order valence-corrected chi connectivity index (χ0v) is 14.4. The van der Waals surface area contributed by atoms with E-state index >= 15 is 0 Å². The molecule has 0 spiro atoms. The van der Waals surface area contributed by atoms with E-state index < -0.39 is 5.91 Å². The first-order valence-electron chi connectivity index (χ1n) is 7.61. The molecule has 6 nitrogen and oxygen atoms in total. The smallest absolute Gasteiger partial charge is 0.253 e. The van der Waals surface area contributed by atoms with Gasteiger partial charge >= 0.3 is 0 Å². The Hall–Kier alpha value is -2.86. The molecular formula is C18H18ClN3O3. The van der Waals surface area contributed by atoms with Crippen molar-refractivity contribution in [1.29, 1.82) is 0 Å². The normalized spacial score (nSPS) is 10.0. The number of nitrogens with one attached hydrogen (secondary N) is 3. The molecule has 0 saturated carbocycles. The second kappa shape index (κ2) is 8.84. The van der Waals surface area contributed by atoms with Crippen LogP contribution in [0.2, 0.25) is 5.02 Å². The van der Waals surface area contributed by atoms with Crippen molar-refractivity contribution in [3.8, 4) is 0 Å². The maximum absolute atomic E-state index is 12.0. The van der Waals surface area contributed by atoms with Gasteiger partial charge in [0.15, 0.2) is 0 Å². The lowest BCUT2D eigenvalue weighted by Crippen LogP contribution is -2.36. The maximum Gasteiger partial charge on any atom is 0.253 e. The summed E-state index contributed by atoms with van der Waals surface area (Å²) in [6, 6.07) is 13.7. The number of hydrogen-bond acceptors (Lipinski definition) is 3. The van der Waals surface area contributed by atoms with Gasteiger partial charge < -0.3 is 16.0 Å². The van der Waals surface area contributed by atoms with E-state index in [1.165, 1.54) is 6.92 Å². The Labute approximate surface area is 150 Å². The van der Waals surface area contributed by atoms with Crippen LogP contribution in [0, 0.1) is 0 Å². The molecule has 0 saturated heterocycles. The van der Waals surface area contributed by atoms with Crippen LogP contribution in [0.4, 0.5) is 5.69 Å². The summed E-state index contributed by atoms with van der Waals surface area (Å²) in [6.07, 6.45) is 0. The molecule has 0 unspecified atom stereocenters. The molecule has 25 heavy (non-hydrogen) atoms. The van der Waals surface area contributed by atoms with Crippen LogP contribution >= 0.6 is 11.6 Å². The molecule has 2 aromatic carbocycles. The lowest BCUT2D eigenvalue weighted by Gasteiger charge is -2.09. The fraction of sp³-hybridized carbons (Fsp3) is 0.167. The average Bonchev–Trinajstić information content (AvgIpc) is 2.59. The molecule has 2 aromatic rings. The van der Waals surface area contributed by atoms with E-state index in [9.17, 15) is 14.4 Å². The van der Waals surface area contributed by atoms with Gasteiger partial charge in [-0.15, -0.1) is 0 Å². The van der Waals surface area contributed by atoms with Crippen molar-refractivity contribution in [1.82, 2.24) is 10.6 Å². The van der Waals surface area contributed by atoms with Crippen molar-refractivity contribution < 1.29 is 14.4 Å². The summed E-state index contributed by atoms with van der Waals surface area (Å²) in [5, 5.41) is 8.23. The quantitative estimate of drug-likeness (QED) is 0.739. The number of benzene rings is 2. The van der Waals surface area contributed by atoms with Crippen LogP contribution in [-0.4, -0.2) is 24.3 Å². The first kappa shape index (κ1) is 18.5. The zero-order valence-electron chi connectivity index (χ0n) is 13.6. The molecule has 0 aliphatic heterocycles. The first-order valence-corrected chi connectivity index (χ1v) is 7.99. The largest absolute Gasteiger partial charge is 0.350 e. The Morgan fingerprint density at radius 1 is 0.960 bits per heavy atom. The summed E-state index contributed by atoms with van der Waals surface area (Å²) in [5.74, 6) is -0.859. The summed E-state index contributed by atoms with van der Waals surface area (Å²) in [4.78, 5) is 34.7. The highest BCUT2D eigenvalue weighted by Crippen LogP contribution is 2.14. The van der Waals surface area contributed by atoms with Gasteiger partial charge in [-0.25, -0.2) is 0 Å². The number of carbonyl (C=O) groups excluding carboxylic acids is 3. The van der Waals surface area contributed by atoms with Crippen LogP contribution in [0.5, 0.6) is 0 Å². The fourth-order valence-corrected chi connectivity index (χ4v) is 2.30. The minimum absolute atomic E-state index is 0.143.